The Morgan fingerprint density at radius 1 is 1.14 bits per heavy atom. The lowest BCUT2D eigenvalue weighted by atomic mass is 10.0. The number of rotatable bonds is 5. The van der Waals surface area contributed by atoms with Crippen molar-refractivity contribution in [2.24, 2.45) is 0 Å². The average molecular weight is 486 g/mol. The molecule has 0 unspecified atom stereocenters. The van der Waals surface area contributed by atoms with Crippen LogP contribution in [0.2, 0.25) is 5.02 Å². The molecule has 0 radical (unpaired) electrons. The molecule has 1 aliphatic heterocycles. The van der Waals surface area contributed by atoms with Gasteiger partial charge >= 0.3 is 0 Å². The highest BCUT2D eigenvalue weighted by molar-refractivity contribution is 6.30. The Balaban J connectivity index is 1.42. The summed E-state index contributed by atoms with van der Waals surface area (Å²) in [5.74, 6) is 2.26. The summed E-state index contributed by atoms with van der Waals surface area (Å²) in [5.41, 5.74) is 7.20. The quantitative estimate of drug-likeness (QED) is 0.341. The molecule has 0 aliphatic carbocycles. The lowest BCUT2D eigenvalue weighted by molar-refractivity contribution is 0.393. The van der Waals surface area contributed by atoms with E-state index in [0.717, 1.165) is 64.4 Å². The summed E-state index contributed by atoms with van der Waals surface area (Å²) >= 11 is 6.21. The van der Waals surface area contributed by atoms with Gasteiger partial charge < -0.3 is 14.7 Å². The van der Waals surface area contributed by atoms with Gasteiger partial charge in [0.15, 0.2) is 0 Å². The summed E-state index contributed by atoms with van der Waals surface area (Å²) in [6, 6.07) is 14.0. The van der Waals surface area contributed by atoms with Crippen LogP contribution >= 0.6 is 11.6 Å². The summed E-state index contributed by atoms with van der Waals surface area (Å²) in [4.78, 5) is 12.1. The number of hydrogen-bond acceptors (Lipinski definition) is 7. The van der Waals surface area contributed by atoms with Gasteiger partial charge in [-0.05, 0) is 49.2 Å². The maximum absolute atomic E-state index is 6.21. The van der Waals surface area contributed by atoms with Crippen molar-refractivity contribution in [1.82, 2.24) is 25.3 Å². The largest absolute Gasteiger partial charge is 0.365 e. The van der Waals surface area contributed by atoms with Crippen molar-refractivity contribution in [1.29, 1.82) is 0 Å². The van der Waals surface area contributed by atoms with Crippen LogP contribution in [0, 0.1) is 13.8 Å². The van der Waals surface area contributed by atoms with Gasteiger partial charge in [0.2, 0.25) is 5.95 Å². The Kier molecular flexibility index (Phi) is 5.37. The van der Waals surface area contributed by atoms with Gasteiger partial charge in [-0.25, -0.2) is 4.98 Å². The first-order valence-electron chi connectivity index (χ1n) is 11.5. The number of hydrogen-bond donors (Lipinski definition) is 2. The third-order valence-corrected chi connectivity index (χ3v) is 6.67. The second-order valence-electron chi connectivity index (χ2n) is 8.83. The first-order chi connectivity index (χ1) is 17.0. The number of aromatic amines is 1. The number of benzene rings is 2. The minimum Gasteiger partial charge on any atom is -0.365 e. The molecule has 176 valence electrons. The first-order valence-corrected chi connectivity index (χ1v) is 11.9. The maximum Gasteiger partial charge on any atom is 0.228 e. The van der Waals surface area contributed by atoms with E-state index in [4.69, 9.17) is 26.1 Å². The number of fused-ring (bicyclic) bond motifs is 2. The van der Waals surface area contributed by atoms with Crippen molar-refractivity contribution in [2.75, 3.05) is 16.8 Å². The molecule has 0 saturated heterocycles. The van der Waals surface area contributed by atoms with Crippen LogP contribution in [-0.4, -0.2) is 31.9 Å². The van der Waals surface area contributed by atoms with E-state index in [1.165, 1.54) is 11.3 Å². The van der Waals surface area contributed by atoms with E-state index in [1.807, 2.05) is 50.4 Å². The summed E-state index contributed by atoms with van der Waals surface area (Å²) < 4.78 is 5.41. The van der Waals surface area contributed by atoms with Crippen LogP contribution in [-0.2, 0) is 19.5 Å². The zero-order valence-electron chi connectivity index (χ0n) is 19.5. The number of halogens is 1. The lowest BCUT2D eigenvalue weighted by Crippen LogP contribution is -2.31. The number of aromatic nitrogens is 5. The molecule has 0 bridgehead atoms. The number of nitrogens with one attached hydrogen (secondary N) is 2. The fourth-order valence-corrected chi connectivity index (χ4v) is 4.88. The van der Waals surface area contributed by atoms with Crippen LogP contribution in [0.1, 0.15) is 28.3 Å². The molecule has 6 rings (SSSR count). The van der Waals surface area contributed by atoms with Crippen molar-refractivity contribution in [3.63, 3.8) is 0 Å². The van der Waals surface area contributed by atoms with Gasteiger partial charge in [0.25, 0.3) is 0 Å². The van der Waals surface area contributed by atoms with Crippen LogP contribution in [0.5, 0.6) is 0 Å². The molecule has 4 heterocycles. The van der Waals surface area contributed by atoms with Gasteiger partial charge in [-0.15, -0.1) is 0 Å². The lowest BCUT2D eigenvalue weighted by Gasteiger charge is -2.27. The SMILES string of the molecule is Cc1noc(C)c1-c1ccc2nc(N3CCc4[nH]ncc4C3)nc(NCc3cccc(Cl)c3)c2c1. The monoisotopic (exact) mass is 485 g/mol. The highest BCUT2D eigenvalue weighted by Gasteiger charge is 2.22. The smallest absolute Gasteiger partial charge is 0.228 e. The van der Waals surface area contributed by atoms with Crippen LogP contribution in [0.15, 0.2) is 53.2 Å². The molecule has 2 aromatic carbocycles. The molecule has 9 heteroatoms. The summed E-state index contributed by atoms with van der Waals surface area (Å²) in [5, 5.41) is 16.6. The normalized spacial score (nSPS) is 13.3. The first kappa shape index (κ1) is 21.6. The van der Waals surface area contributed by atoms with Crippen LogP contribution in [0.4, 0.5) is 11.8 Å². The predicted octanol–water partition coefficient (Wildman–Crippen LogP) is 5.45. The summed E-state index contributed by atoms with van der Waals surface area (Å²) in [7, 11) is 0. The Labute approximate surface area is 207 Å². The van der Waals surface area contributed by atoms with Crippen LogP contribution in [0.3, 0.4) is 0 Å². The predicted molar refractivity (Wildman–Crippen MR) is 137 cm³/mol. The zero-order chi connectivity index (χ0) is 23.9. The summed E-state index contributed by atoms with van der Waals surface area (Å²) in [6.45, 7) is 6.02. The number of aryl methyl sites for hydroxylation is 2. The number of H-pyrrole nitrogens is 1. The van der Waals surface area contributed by atoms with E-state index in [9.17, 15) is 0 Å². The highest BCUT2D eigenvalue weighted by atomic mass is 35.5. The molecule has 3 aromatic heterocycles. The van der Waals surface area contributed by atoms with Gasteiger partial charge in [0.1, 0.15) is 11.6 Å². The topological polar surface area (TPSA) is 95.8 Å². The zero-order valence-corrected chi connectivity index (χ0v) is 20.2. The number of nitrogens with zero attached hydrogens (tertiary/aromatic N) is 5. The fraction of sp³-hybridized carbons (Fsp3) is 0.231. The van der Waals surface area contributed by atoms with E-state index in [-0.39, 0.29) is 0 Å². The van der Waals surface area contributed by atoms with Crippen molar-refractivity contribution in [2.45, 2.75) is 33.4 Å². The fourth-order valence-electron chi connectivity index (χ4n) is 4.67. The van der Waals surface area contributed by atoms with Crippen molar-refractivity contribution >= 4 is 34.3 Å². The van der Waals surface area contributed by atoms with Gasteiger partial charge in [-0.2, -0.15) is 10.1 Å². The Bertz CT molecular complexity index is 1520. The van der Waals surface area contributed by atoms with Gasteiger partial charge in [0.05, 0.1) is 17.4 Å². The molecule has 0 fully saturated rings. The molecule has 5 aromatic rings. The number of anilines is 2. The van der Waals surface area contributed by atoms with Crippen LogP contribution in [0.25, 0.3) is 22.0 Å². The van der Waals surface area contributed by atoms with Gasteiger partial charge in [0, 0.05) is 53.3 Å². The van der Waals surface area contributed by atoms with Crippen molar-refractivity contribution in [3.8, 4) is 11.1 Å². The summed E-state index contributed by atoms with van der Waals surface area (Å²) in [6.07, 6.45) is 2.77. The van der Waals surface area contributed by atoms with E-state index in [0.29, 0.717) is 17.5 Å². The van der Waals surface area contributed by atoms with Crippen molar-refractivity contribution in [3.05, 3.63) is 82.0 Å². The Morgan fingerprint density at radius 3 is 2.89 bits per heavy atom. The van der Waals surface area contributed by atoms with E-state index in [1.54, 1.807) is 0 Å². The molecular weight excluding hydrogens is 462 g/mol. The third-order valence-electron chi connectivity index (χ3n) is 6.44. The second-order valence-corrected chi connectivity index (χ2v) is 9.27. The minimum absolute atomic E-state index is 0.591. The highest BCUT2D eigenvalue weighted by Crippen LogP contribution is 2.33. The van der Waals surface area contributed by atoms with Crippen molar-refractivity contribution < 1.29 is 4.52 Å². The van der Waals surface area contributed by atoms with E-state index < -0.39 is 0 Å². The average Bonchev–Trinajstić information content (AvgIpc) is 3.47. The standard InChI is InChI=1S/C26H24ClN7O/c1-15-24(16(2)35-33-15)18-6-7-23-21(11-18)25(28-12-17-4-3-5-20(27)10-17)31-26(30-23)34-9-8-22-19(14-34)13-29-32-22/h3-7,10-11,13H,8-9,12,14H2,1-2H3,(H,29,32)(H,28,30,31). The third kappa shape index (κ3) is 4.10. The maximum atomic E-state index is 6.21. The molecular formula is C26H24ClN7O. The molecule has 0 amide bonds. The van der Waals surface area contributed by atoms with E-state index >= 15 is 0 Å². The second kappa shape index (κ2) is 8.70. The Morgan fingerprint density at radius 2 is 2.06 bits per heavy atom. The van der Waals surface area contributed by atoms with Gasteiger partial charge in [-0.1, -0.05) is 35.0 Å². The Hall–Kier alpha value is -3.91. The molecule has 0 spiro atoms. The molecule has 0 saturated carbocycles. The molecule has 1 aliphatic rings. The molecule has 8 nitrogen and oxygen atoms in total. The molecule has 35 heavy (non-hydrogen) atoms. The van der Waals surface area contributed by atoms with E-state index in [2.05, 4.69) is 37.7 Å². The van der Waals surface area contributed by atoms with Gasteiger partial charge in [-0.3, -0.25) is 5.10 Å². The van der Waals surface area contributed by atoms with Crippen LogP contribution < -0.4 is 10.2 Å². The molecule has 0 atom stereocenters. The molecule has 2 N–H and O–H groups in total. The minimum atomic E-state index is 0.591.